The summed E-state index contributed by atoms with van der Waals surface area (Å²) in [4.78, 5) is 14.2. The molecule has 0 atom stereocenters. The van der Waals surface area contributed by atoms with E-state index in [1.807, 2.05) is 19.1 Å². The predicted octanol–water partition coefficient (Wildman–Crippen LogP) is 0.736. The fraction of sp³-hybridized carbons (Fsp3) is 0.125. The fourth-order valence-electron chi connectivity index (χ4n) is 1.13. The number of aryl methyl sites for hydroxylation is 1. The molecule has 2 rings (SSSR count). The Labute approximate surface area is 73.6 Å². The molecular formula is C8H7N3O2. The summed E-state index contributed by atoms with van der Waals surface area (Å²) in [5.41, 5.74) is 1.68. The van der Waals surface area contributed by atoms with Gasteiger partial charge in [-0.15, -0.1) is 5.10 Å². The number of aromatic carboxylic acids is 1. The van der Waals surface area contributed by atoms with Gasteiger partial charge in [0.15, 0.2) is 0 Å². The molecule has 13 heavy (non-hydrogen) atoms. The molecule has 2 aromatic heterocycles. The molecule has 0 aliphatic rings. The van der Waals surface area contributed by atoms with E-state index in [9.17, 15) is 4.79 Å². The van der Waals surface area contributed by atoms with Crippen LogP contribution >= 0.6 is 0 Å². The summed E-state index contributed by atoms with van der Waals surface area (Å²) in [7, 11) is 0. The van der Waals surface area contributed by atoms with E-state index in [4.69, 9.17) is 5.11 Å². The topological polar surface area (TPSA) is 67.5 Å². The second-order valence-corrected chi connectivity index (χ2v) is 2.70. The number of carbonyl (C=O) groups is 1. The van der Waals surface area contributed by atoms with Crippen LogP contribution in [0.5, 0.6) is 0 Å². The fourth-order valence-corrected chi connectivity index (χ4v) is 1.13. The number of aromatic nitrogens is 3. The molecule has 2 heterocycles. The molecule has 0 fully saturated rings. The molecule has 0 aliphatic carbocycles. The maximum atomic E-state index is 10.5. The Kier molecular flexibility index (Phi) is 1.51. The van der Waals surface area contributed by atoms with E-state index in [0.29, 0.717) is 0 Å². The lowest BCUT2D eigenvalue weighted by Gasteiger charge is -1.96. The van der Waals surface area contributed by atoms with Crippen molar-refractivity contribution in [2.75, 3.05) is 0 Å². The third kappa shape index (κ3) is 1.14. The lowest BCUT2D eigenvalue weighted by Crippen LogP contribution is -2.08. The van der Waals surface area contributed by atoms with Gasteiger partial charge in [-0.1, -0.05) is 0 Å². The van der Waals surface area contributed by atoms with Crippen LogP contribution in [0.3, 0.4) is 0 Å². The number of hydrogen-bond donors (Lipinski definition) is 1. The maximum Gasteiger partial charge on any atom is 0.375 e. The minimum absolute atomic E-state index is 0.188. The molecule has 0 aliphatic heterocycles. The molecule has 66 valence electrons. The number of rotatable bonds is 1. The SMILES string of the molecule is Cc1ccc2cnc(C(=O)O)nn12. The van der Waals surface area contributed by atoms with E-state index in [0.717, 1.165) is 11.2 Å². The predicted molar refractivity (Wildman–Crippen MR) is 44.7 cm³/mol. The van der Waals surface area contributed by atoms with Gasteiger partial charge in [0.05, 0.1) is 11.7 Å². The summed E-state index contributed by atoms with van der Waals surface area (Å²) >= 11 is 0. The summed E-state index contributed by atoms with van der Waals surface area (Å²) in [6.07, 6.45) is 1.49. The Bertz CT molecular complexity index is 475. The molecule has 0 saturated carbocycles. The highest BCUT2D eigenvalue weighted by molar-refractivity contribution is 5.83. The molecule has 0 aromatic carbocycles. The second-order valence-electron chi connectivity index (χ2n) is 2.70. The van der Waals surface area contributed by atoms with Crippen molar-refractivity contribution in [3.8, 4) is 0 Å². The van der Waals surface area contributed by atoms with Crippen LogP contribution in [-0.2, 0) is 0 Å². The highest BCUT2D eigenvalue weighted by atomic mass is 16.4. The summed E-state index contributed by atoms with van der Waals surface area (Å²) in [6.45, 7) is 1.85. The van der Waals surface area contributed by atoms with Gasteiger partial charge in [0, 0.05) is 5.69 Å². The van der Waals surface area contributed by atoms with Crippen molar-refractivity contribution >= 4 is 11.5 Å². The smallest absolute Gasteiger partial charge is 0.375 e. The van der Waals surface area contributed by atoms with Gasteiger partial charge in [-0.2, -0.15) is 0 Å². The van der Waals surface area contributed by atoms with E-state index in [2.05, 4.69) is 10.1 Å². The highest BCUT2D eigenvalue weighted by Gasteiger charge is 2.07. The summed E-state index contributed by atoms with van der Waals surface area (Å²) in [6, 6.07) is 3.69. The van der Waals surface area contributed by atoms with Crippen LogP contribution in [0.1, 0.15) is 16.3 Å². The highest BCUT2D eigenvalue weighted by Crippen LogP contribution is 2.05. The molecule has 5 nitrogen and oxygen atoms in total. The number of nitrogens with zero attached hydrogens (tertiary/aromatic N) is 3. The van der Waals surface area contributed by atoms with Gasteiger partial charge in [0.2, 0.25) is 0 Å². The Morgan fingerprint density at radius 2 is 2.31 bits per heavy atom. The molecule has 0 saturated heterocycles. The Balaban J connectivity index is 2.72. The summed E-state index contributed by atoms with van der Waals surface area (Å²) in [5.74, 6) is -1.30. The van der Waals surface area contributed by atoms with Crippen molar-refractivity contribution in [2.24, 2.45) is 0 Å². The van der Waals surface area contributed by atoms with Crippen molar-refractivity contribution in [2.45, 2.75) is 6.92 Å². The first-order valence-electron chi connectivity index (χ1n) is 3.73. The first-order chi connectivity index (χ1) is 6.18. The molecular weight excluding hydrogens is 170 g/mol. The van der Waals surface area contributed by atoms with Gasteiger partial charge in [0.1, 0.15) is 0 Å². The van der Waals surface area contributed by atoms with Gasteiger partial charge in [-0.25, -0.2) is 14.3 Å². The number of hydrogen-bond acceptors (Lipinski definition) is 3. The summed E-state index contributed by atoms with van der Waals surface area (Å²) in [5, 5.41) is 12.5. The standard InChI is InChI=1S/C8H7N3O2/c1-5-2-3-6-4-9-7(8(12)13)10-11(5)6/h2-4H,1H3,(H,12,13). The quantitative estimate of drug-likeness (QED) is 0.697. The maximum absolute atomic E-state index is 10.5. The molecule has 0 spiro atoms. The molecule has 0 radical (unpaired) electrons. The second kappa shape index (κ2) is 2.55. The van der Waals surface area contributed by atoms with Crippen molar-refractivity contribution < 1.29 is 9.90 Å². The largest absolute Gasteiger partial charge is 0.475 e. The van der Waals surface area contributed by atoms with Crippen molar-refractivity contribution in [3.05, 3.63) is 29.8 Å². The molecule has 5 heteroatoms. The first kappa shape index (κ1) is 7.72. The van der Waals surface area contributed by atoms with Crippen LogP contribution < -0.4 is 0 Å². The van der Waals surface area contributed by atoms with Crippen LogP contribution in [-0.4, -0.2) is 25.7 Å². The zero-order valence-corrected chi connectivity index (χ0v) is 6.93. The van der Waals surface area contributed by atoms with Gasteiger partial charge < -0.3 is 5.11 Å². The minimum atomic E-state index is -1.12. The third-order valence-corrected chi connectivity index (χ3v) is 1.78. The molecule has 2 aromatic rings. The van der Waals surface area contributed by atoms with Gasteiger partial charge in [0.25, 0.3) is 5.82 Å². The normalized spacial score (nSPS) is 10.5. The van der Waals surface area contributed by atoms with Gasteiger partial charge in [-0.05, 0) is 19.1 Å². The van der Waals surface area contributed by atoms with E-state index >= 15 is 0 Å². The zero-order chi connectivity index (χ0) is 9.42. The van der Waals surface area contributed by atoms with Gasteiger partial charge >= 0.3 is 5.97 Å². The molecule has 0 unspecified atom stereocenters. The van der Waals surface area contributed by atoms with Crippen molar-refractivity contribution in [1.29, 1.82) is 0 Å². The molecule has 1 N–H and O–H groups in total. The molecule has 0 bridgehead atoms. The third-order valence-electron chi connectivity index (χ3n) is 1.78. The van der Waals surface area contributed by atoms with E-state index in [1.165, 1.54) is 6.20 Å². The lowest BCUT2D eigenvalue weighted by molar-refractivity contribution is 0.0681. The van der Waals surface area contributed by atoms with Gasteiger partial charge in [-0.3, -0.25) is 0 Å². The van der Waals surface area contributed by atoms with E-state index in [-0.39, 0.29) is 5.82 Å². The van der Waals surface area contributed by atoms with Crippen LogP contribution in [0.15, 0.2) is 18.3 Å². The Hall–Kier alpha value is -1.91. The van der Waals surface area contributed by atoms with Crippen molar-refractivity contribution in [3.63, 3.8) is 0 Å². The first-order valence-corrected chi connectivity index (χ1v) is 3.73. The lowest BCUT2D eigenvalue weighted by atomic mass is 10.5. The van der Waals surface area contributed by atoms with Crippen LogP contribution in [0.2, 0.25) is 0 Å². The van der Waals surface area contributed by atoms with E-state index < -0.39 is 5.97 Å². The monoisotopic (exact) mass is 177 g/mol. The van der Waals surface area contributed by atoms with E-state index in [1.54, 1.807) is 4.52 Å². The average molecular weight is 177 g/mol. The summed E-state index contributed by atoms with van der Waals surface area (Å²) < 4.78 is 1.55. The number of carboxylic acids is 1. The van der Waals surface area contributed by atoms with Crippen LogP contribution in [0.25, 0.3) is 5.52 Å². The van der Waals surface area contributed by atoms with Crippen LogP contribution in [0, 0.1) is 6.92 Å². The Morgan fingerprint density at radius 3 is 3.00 bits per heavy atom. The average Bonchev–Trinajstić information content (AvgIpc) is 2.47. The Morgan fingerprint density at radius 1 is 1.54 bits per heavy atom. The molecule has 0 amide bonds. The minimum Gasteiger partial charge on any atom is -0.475 e. The number of carboxylic acid groups (broad SMARTS) is 1. The van der Waals surface area contributed by atoms with Crippen LogP contribution in [0.4, 0.5) is 0 Å². The zero-order valence-electron chi connectivity index (χ0n) is 6.93. The van der Waals surface area contributed by atoms with Crippen molar-refractivity contribution in [1.82, 2.24) is 14.6 Å². The number of fused-ring (bicyclic) bond motifs is 1.